The van der Waals surface area contributed by atoms with E-state index in [1.54, 1.807) is 36.2 Å². The molecule has 0 atom stereocenters. The van der Waals surface area contributed by atoms with Crippen LogP contribution in [0.15, 0.2) is 48.5 Å². The summed E-state index contributed by atoms with van der Waals surface area (Å²) in [4.78, 5) is 25.1. The van der Waals surface area contributed by atoms with Crippen LogP contribution in [0.1, 0.15) is 22.8 Å². The van der Waals surface area contributed by atoms with Crippen molar-refractivity contribution in [1.82, 2.24) is 0 Å². The first-order valence-corrected chi connectivity index (χ1v) is 6.70. The number of amides is 2. The zero-order chi connectivity index (χ0) is 15.4. The number of aryl methyl sites for hydroxylation is 1. The Morgan fingerprint density at radius 3 is 2.19 bits per heavy atom. The van der Waals surface area contributed by atoms with Crippen molar-refractivity contribution in [3.8, 4) is 0 Å². The Kier molecular flexibility index (Phi) is 4.38. The first kappa shape index (κ1) is 14.8. The molecule has 0 fully saturated rings. The first-order valence-electron chi connectivity index (χ1n) is 6.70. The summed E-state index contributed by atoms with van der Waals surface area (Å²) >= 11 is 0. The molecule has 1 N–H and O–H groups in total. The smallest absolute Gasteiger partial charge is 0.258 e. The van der Waals surface area contributed by atoms with Crippen molar-refractivity contribution in [1.29, 1.82) is 0 Å². The highest BCUT2D eigenvalue weighted by Crippen LogP contribution is 2.20. The average molecular weight is 282 g/mol. The molecule has 0 aliphatic rings. The standard InChI is InChI=1S/C17H18N2O2/c1-12-6-4-5-7-16(12)17(21)19(3)15-10-8-14(9-11-15)18-13(2)20/h4-11H,1-3H3,(H,18,20). The second-order valence-electron chi connectivity index (χ2n) is 4.91. The van der Waals surface area contributed by atoms with Crippen molar-refractivity contribution in [3.05, 3.63) is 59.7 Å². The summed E-state index contributed by atoms with van der Waals surface area (Å²) in [6, 6.07) is 14.7. The van der Waals surface area contributed by atoms with Gasteiger partial charge in [0.1, 0.15) is 0 Å². The molecule has 2 rings (SSSR count). The minimum atomic E-state index is -0.118. The van der Waals surface area contributed by atoms with Crippen LogP contribution in [0.4, 0.5) is 11.4 Å². The number of benzene rings is 2. The average Bonchev–Trinajstić information content (AvgIpc) is 2.46. The number of hydrogen-bond donors (Lipinski definition) is 1. The minimum Gasteiger partial charge on any atom is -0.326 e. The van der Waals surface area contributed by atoms with Gasteiger partial charge in [0, 0.05) is 30.9 Å². The number of rotatable bonds is 3. The molecule has 2 amide bonds. The maximum atomic E-state index is 12.5. The number of carbonyl (C=O) groups excluding carboxylic acids is 2. The van der Waals surface area contributed by atoms with Crippen molar-refractivity contribution in [2.24, 2.45) is 0 Å². The SMILES string of the molecule is CC(=O)Nc1ccc(N(C)C(=O)c2ccccc2C)cc1. The molecule has 0 bridgehead atoms. The zero-order valence-electron chi connectivity index (χ0n) is 12.4. The van der Waals surface area contributed by atoms with Gasteiger partial charge in [-0.05, 0) is 42.8 Å². The Balaban J connectivity index is 2.20. The second-order valence-corrected chi connectivity index (χ2v) is 4.91. The molecule has 0 spiro atoms. The maximum absolute atomic E-state index is 12.5. The fourth-order valence-corrected chi connectivity index (χ4v) is 2.08. The summed E-state index contributed by atoms with van der Waals surface area (Å²) in [5.74, 6) is -0.174. The molecule has 0 heterocycles. The van der Waals surface area contributed by atoms with Crippen LogP contribution < -0.4 is 10.2 Å². The predicted octanol–water partition coefficient (Wildman–Crippen LogP) is 3.23. The lowest BCUT2D eigenvalue weighted by Crippen LogP contribution is -2.26. The van der Waals surface area contributed by atoms with Gasteiger partial charge < -0.3 is 10.2 Å². The Bertz CT molecular complexity index is 663. The van der Waals surface area contributed by atoms with E-state index in [0.717, 1.165) is 11.3 Å². The van der Waals surface area contributed by atoms with Gasteiger partial charge >= 0.3 is 0 Å². The van der Waals surface area contributed by atoms with Crippen LogP contribution in [-0.2, 0) is 4.79 Å². The molecular formula is C17H18N2O2. The van der Waals surface area contributed by atoms with Crippen molar-refractivity contribution in [2.45, 2.75) is 13.8 Å². The number of anilines is 2. The van der Waals surface area contributed by atoms with Crippen LogP contribution in [0.2, 0.25) is 0 Å². The fraction of sp³-hybridized carbons (Fsp3) is 0.176. The number of nitrogens with zero attached hydrogens (tertiary/aromatic N) is 1. The number of carbonyl (C=O) groups is 2. The summed E-state index contributed by atoms with van der Waals surface area (Å²) in [5, 5.41) is 2.70. The molecule has 2 aromatic rings. The molecule has 108 valence electrons. The lowest BCUT2D eigenvalue weighted by molar-refractivity contribution is -0.114. The Morgan fingerprint density at radius 2 is 1.62 bits per heavy atom. The van der Waals surface area contributed by atoms with E-state index in [4.69, 9.17) is 0 Å². The van der Waals surface area contributed by atoms with Gasteiger partial charge in [0.25, 0.3) is 5.91 Å². The normalized spacial score (nSPS) is 10.0. The lowest BCUT2D eigenvalue weighted by Gasteiger charge is -2.19. The lowest BCUT2D eigenvalue weighted by atomic mass is 10.1. The topological polar surface area (TPSA) is 49.4 Å². The molecule has 4 nitrogen and oxygen atoms in total. The molecule has 0 saturated heterocycles. The maximum Gasteiger partial charge on any atom is 0.258 e. The van der Waals surface area contributed by atoms with E-state index in [9.17, 15) is 9.59 Å². The first-order chi connectivity index (χ1) is 9.99. The molecule has 0 unspecified atom stereocenters. The van der Waals surface area contributed by atoms with Crippen molar-refractivity contribution in [3.63, 3.8) is 0 Å². The Hall–Kier alpha value is -2.62. The molecule has 0 aliphatic carbocycles. The zero-order valence-corrected chi connectivity index (χ0v) is 12.4. The summed E-state index contributed by atoms with van der Waals surface area (Å²) in [7, 11) is 1.74. The summed E-state index contributed by atoms with van der Waals surface area (Å²) < 4.78 is 0. The Labute approximate surface area is 124 Å². The summed E-state index contributed by atoms with van der Waals surface area (Å²) in [6.45, 7) is 3.38. The fourth-order valence-electron chi connectivity index (χ4n) is 2.08. The van der Waals surface area contributed by atoms with E-state index in [0.29, 0.717) is 11.3 Å². The molecule has 4 heteroatoms. The molecule has 0 aromatic heterocycles. The van der Waals surface area contributed by atoms with Gasteiger partial charge in [0.05, 0.1) is 0 Å². The summed E-state index contributed by atoms with van der Waals surface area (Å²) in [5.41, 5.74) is 3.12. The summed E-state index contributed by atoms with van der Waals surface area (Å²) in [6.07, 6.45) is 0. The second kappa shape index (κ2) is 6.22. The van der Waals surface area contributed by atoms with E-state index >= 15 is 0 Å². The highest BCUT2D eigenvalue weighted by molar-refractivity contribution is 6.06. The molecular weight excluding hydrogens is 264 g/mol. The van der Waals surface area contributed by atoms with Gasteiger partial charge in [-0.15, -0.1) is 0 Å². The Morgan fingerprint density at radius 1 is 1.00 bits per heavy atom. The molecule has 0 saturated carbocycles. The van der Waals surface area contributed by atoms with Crippen molar-refractivity contribution >= 4 is 23.2 Å². The number of hydrogen-bond acceptors (Lipinski definition) is 2. The van der Waals surface area contributed by atoms with Crippen LogP contribution in [0.25, 0.3) is 0 Å². The van der Waals surface area contributed by atoms with Gasteiger partial charge in [-0.1, -0.05) is 18.2 Å². The van der Waals surface area contributed by atoms with E-state index < -0.39 is 0 Å². The van der Waals surface area contributed by atoms with E-state index in [-0.39, 0.29) is 11.8 Å². The van der Waals surface area contributed by atoms with Gasteiger partial charge in [-0.2, -0.15) is 0 Å². The third kappa shape index (κ3) is 3.48. The van der Waals surface area contributed by atoms with Crippen molar-refractivity contribution in [2.75, 3.05) is 17.3 Å². The predicted molar refractivity (Wildman–Crippen MR) is 84.7 cm³/mol. The number of nitrogens with one attached hydrogen (secondary N) is 1. The quantitative estimate of drug-likeness (QED) is 0.939. The van der Waals surface area contributed by atoms with Gasteiger partial charge in [-0.25, -0.2) is 0 Å². The van der Waals surface area contributed by atoms with Crippen molar-refractivity contribution < 1.29 is 9.59 Å². The molecule has 21 heavy (non-hydrogen) atoms. The molecule has 0 radical (unpaired) electrons. The highest BCUT2D eigenvalue weighted by atomic mass is 16.2. The van der Waals surface area contributed by atoms with Gasteiger partial charge in [0.2, 0.25) is 5.91 Å². The minimum absolute atomic E-state index is 0.0552. The van der Waals surface area contributed by atoms with Crippen LogP contribution in [0, 0.1) is 6.92 Å². The van der Waals surface area contributed by atoms with Crippen LogP contribution >= 0.6 is 0 Å². The molecule has 2 aromatic carbocycles. The van der Waals surface area contributed by atoms with Crippen LogP contribution in [0.5, 0.6) is 0 Å². The van der Waals surface area contributed by atoms with E-state index in [1.807, 2.05) is 31.2 Å². The van der Waals surface area contributed by atoms with Crippen LogP contribution in [-0.4, -0.2) is 18.9 Å². The van der Waals surface area contributed by atoms with E-state index in [1.165, 1.54) is 6.92 Å². The van der Waals surface area contributed by atoms with Gasteiger partial charge in [-0.3, -0.25) is 9.59 Å². The monoisotopic (exact) mass is 282 g/mol. The van der Waals surface area contributed by atoms with Gasteiger partial charge in [0.15, 0.2) is 0 Å². The van der Waals surface area contributed by atoms with E-state index in [2.05, 4.69) is 5.32 Å². The molecule has 0 aliphatic heterocycles. The third-order valence-electron chi connectivity index (χ3n) is 3.26. The largest absolute Gasteiger partial charge is 0.326 e. The highest BCUT2D eigenvalue weighted by Gasteiger charge is 2.15. The van der Waals surface area contributed by atoms with Crippen LogP contribution in [0.3, 0.4) is 0 Å². The third-order valence-corrected chi connectivity index (χ3v) is 3.26.